The number of carbonyl (C=O) groups excluding carboxylic acids is 1. The molecule has 1 aromatic heterocycles. The molecule has 2 aliphatic heterocycles. The largest absolute Gasteiger partial charge is 0.437 e. The van der Waals surface area contributed by atoms with Crippen LogP contribution in [-0.4, -0.2) is 54.0 Å². The number of pyridine rings is 1. The number of anilines is 1. The van der Waals surface area contributed by atoms with Crippen molar-refractivity contribution >= 4 is 11.7 Å². The Hall–Kier alpha value is -2.67. The van der Waals surface area contributed by atoms with E-state index in [1.54, 1.807) is 18.3 Å². The number of benzene rings is 1. The highest BCUT2D eigenvalue weighted by molar-refractivity contribution is 5.90. The number of hydrogen-bond donors (Lipinski definition) is 1. The maximum atomic E-state index is 13.1. The smallest absolute Gasteiger partial charge is 0.322 e. The number of urea groups is 1. The van der Waals surface area contributed by atoms with Gasteiger partial charge in [-0.05, 0) is 62.8 Å². The third kappa shape index (κ3) is 3.88. The van der Waals surface area contributed by atoms with Gasteiger partial charge in [0.2, 0.25) is 5.88 Å². The van der Waals surface area contributed by atoms with E-state index in [-0.39, 0.29) is 23.1 Å². The topological polar surface area (TPSA) is 57.7 Å². The molecule has 0 unspecified atom stereocenters. The van der Waals surface area contributed by atoms with Gasteiger partial charge in [0.1, 0.15) is 17.3 Å². The highest BCUT2D eigenvalue weighted by Crippen LogP contribution is 2.39. The van der Waals surface area contributed by atoms with Crippen molar-refractivity contribution in [2.75, 3.05) is 38.5 Å². The molecular weight excluding hydrogens is 347 g/mol. The Morgan fingerprint density at radius 1 is 1.19 bits per heavy atom. The monoisotopic (exact) mass is 370 g/mol. The Balaban J connectivity index is 1.43. The van der Waals surface area contributed by atoms with Gasteiger partial charge in [-0.15, -0.1) is 0 Å². The van der Waals surface area contributed by atoms with Crippen molar-refractivity contribution in [2.24, 2.45) is 5.41 Å². The average molecular weight is 370 g/mol. The van der Waals surface area contributed by atoms with Crippen LogP contribution in [0.2, 0.25) is 0 Å². The Morgan fingerprint density at radius 3 is 2.70 bits per heavy atom. The lowest BCUT2D eigenvalue weighted by Gasteiger charge is -2.24. The third-order valence-corrected chi connectivity index (χ3v) is 5.40. The number of likely N-dealkylation sites (tertiary alicyclic amines) is 2. The van der Waals surface area contributed by atoms with Crippen LogP contribution in [0.3, 0.4) is 0 Å². The number of nitrogens with one attached hydrogen (secondary N) is 1. The van der Waals surface area contributed by atoms with Crippen LogP contribution < -0.4 is 10.1 Å². The molecule has 0 radical (unpaired) electrons. The SMILES string of the molecule is CN1CC[C@@]2(CCN(C(=O)Nc3cccnc3Oc3ccc(F)cc3)C2)C1. The van der Waals surface area contributed by atoms with E-state index in [2.05, 4.69) is 22.2 Å². The first-order valence-electron chi connectivity index (χ1n) is 9.16. The first kappa shape index (κ1) is 17.7. The summed E-state index contributed by atoms with van der Waals surface area (Å²) in [4.78, 5) is 21.2. The molecule has 142 valence electrons. The lowest BCUT2D eigenvalue weighted by atomic mass is 9.86. The minimum Gasteiger partial charge on any atom is -0.437 e. The molecule has 0 aliphatic carbocycles. The molecule has 2 amide bonds. The highest BCUT2D eigenvalue weighted by Gasteiger charge is 2.43. The number of hydrogen-bond acceptors (Lipinski definition) is 4. The number of aromatic nitrogens is 1. The number of nitrogens with zero attached hydrogens (tertiary/aromatic N) is 3. The third-order valence-electron chi connectivity index (χ3n) is 5.40. The zero-order valence-corrected chi connectivity index (χ0v) is 15.3. The van der Waals surface area contributed by atoms with Crippen LogP contribution in [0.4, 0.5) is 14.9 Å². The normalized spacial score (nSPS) is 22.4. The maximum Gasteiger partial charge on any atom is 0.322 e. The van der Waals surface area contributed by atoms with E-state index in [9.17, 15) is 9.18 Å². The van der Waals surface area contributed by atoms with Gasteiger partial charge >= 0.3 is 6.03 Å². The van der Waals surface area contributed by atoms with Gasteiger partial charge in [-0.1, -0.05) is 0 Å². The Bertz CT molecular complexity index is 829. The van der Waals surface area contributed by atoms with Gasteiger partial charge < -0.3 is 19.9 Å². The molecule has 0 saturated carbocycles. The van der Waals surface area contributed by atoms with E-state index in [4.69, 9.17) is 4.74 Å². The summed E-state index contributed by atoms with van der Waals surface area (Å²) in [5.41, 5.74) is 0.727. The number of halogens is 1. The second-order valence-corrected chi connectivity index (χ2v) is 7.50. The van der Waals surface area contributed by atoms with Gasteiger partial charge in [-0.2, -0.15) is 0 Å². The summed E-state index contributed by atoms with van der Waals surface area (Å²) in [6, 6.07) is 9.03. The van der Waals surface area contributed by atoms with E-state index >= 15 is 0 Å². The minimum atomic E-state index is -0.336. The van der Waals surface area contributed by atoms with Gasteiger partial charge in [-0.25, -0.2) is 14.2 Å². The molecule has 2 fully saturated rings. The maximum absolute atomic E-state index is 13.1. The zero-order valence-electron chi connectivity index (χ0n) is 15.3. The van der Waals surface area contributed by atoms with Crippen molar-refractivity contribution in [3.05, 3.63) is 48.4 Å². The Kier molecular flexibility index (Phi) is 4.70. The minimum absolute atomic E-state index is 0.140. The van der Waals surface area contributed by atoms with Crippen LogP contribution in [0, 0.1) is 11.2 Å². The first-order valence-corrected chi connectivity index (χ1v) is 9.16. The Morgan fingerprint density at radius 2 is 1.96 bits per heavy atom. The predicted molar refractivity (Wildman–Crippen MR) is 100 cm³/mol. The van der Waals surface area contributed by atoms with E-state index in [0.717, 1.165) is 39.0 Å². The van der Waals surface area contributed by atoms with E-state index < -0.39 is 0 Å². The zero-order chi connectivity index (χ0) is 18.9. The van der Waals surface area contributed by atoms with Crippen molar-refractivity contribution in [1.82, 2.24) is 14.8 Å². The summed E-state index contributed by atoms with van der Waals surface area (Å²) in [5.74, 6) is 0.407. The number of carbonyl (C=O) groups is 1. The molecule has 3 heterocycles. The molecule has 27 heavy (non-hydrogen) atoms. The second kappa shape index (κ2) is 7.15. The van der Waals surface area contributed by atoms with Crippen LogP contribution in [0.25, 0.3) is 0 Å². The lowest BCUT2D eigenvalue weighted by molar-refractivity contribution is 0.212. The molecule has 6 nitrogen and oxygen atoms in total. The molecular formula is C20H23FN4O2. The van der Waals surface area contributed by atoms with E-state index in [1.807, 2.05) is 4.90 Å². The van der Waals surface area contributed by atoms with Crippen molar-refractivity contribution < 1.29 is 13.9 Å². The molecule has 1 aromatic carbocycles. The van der Waals surface area contributed by atoms with Gasteiger partial charge in [0.05, 0.1) is 0 Å². The van der Waals surface area contributed by atoms with Crippen LogP contribution in [-0.2, 0) is 0 Å². The van der Waals surface area contributed by atoms with Gasteiger partial charge in [0, 0.05) is 31.2 Å². The fourth-order valence-electron chi connectivity index (χ4n) is 3.98. The van der Waals surface area contributed by atoms with Gasteiger partial charge in [-0.3, -0.25) is 0 Å². The van der Waals surface area contributed by atoms with Crippen LogP contribution in [0.15, 0.2) is 42.6 Å². The second-order valence-electron chi connectivity index (χ2n) is 7.50. The summed E-state index contributed by atoms with van der Waals surface area (Å²) in [6.07, 6.45) is 3.77. The molecule has 4 rings (SSSR count). The average Bonchev–Trinajstić information content (AvgIpc) is 3.24. The molecule has 7 heteroatoms. The van der Waals surface area contributed by atoms with Crippen molar-refractivity contribution in [3.63, 3.8) is 0 Å². The fraction of sp³-hybridized carbons (Fsp3) is 0.400. The quantitative estimate of drug-likeness (QED) is 0.897. The summed E-state index contributed by atoms with van der Waals surface area (Å²) in [7, 11) is 2.13. The van der Waals surface area contributed by atoms with Gasteiger partial charge in [0.15, 0.2) is 0 Å². The Labute approximate surface area is 157 Å². The number of rotatable bonds is 3. The summed E-state index contributed by atoms with van der Waals surface area (Å²) < 4.78 is 18.8. The van der Waals surface area contributed by atoms with Crippen molar-refractivity contribution in [1.29, 1.82) is 0 Å². The molecule has 1 spiro atoms. The van der Waals surface area contributed by atoms with Crippen LogP contribution >= 0.6 is 0 Å². The van der Waals surface area contributed by atoms with Gasteiger partial charge in [0.25, 0.3) is 0 Å². The number of ether oxygens (including phenoxy) is 1. The molecule has 1 N–H and O–H groups in total. The molecule has 2 saturated heterocycles. The molecule has 0 bridgehead atoms. The van der Waals surface area contributed by atoms with E-state index in [1.165, 1.54) is 24.3 Å². The highest BCUT2D eigenvalue weighted by atomic mass is 19.1. The molecule has 2 aromatic rings. The molecule has 1 atom stereocenters. The predicted octanol–water partition coefficient (Wildman–Crippen LogP) is 3.57. The standard InChI is InChI=1S/C20H23FN4O2/c1-24-11-8-20(13-24)9-12-25(14-20)19(26)23-17-3-2-10-22-18(17)27-16-6-4-15(21)5-7-16/h2-7,10H,8-9,11-14H2,1H3,(H,23,26)/t20-/m1/s1. The first-order chi connectivity index (χ1) is 13.0. The van der Waals surface area contributed by atoms with Crippen LogP contribution in [0.5, 0.6) is 11.6 Å². The summed E-state index contributed by atoms with van der Waals surface area (Å²) >= 11 is 0. The molecule has 2 aliphatic rings. The fourth-order valence-corrected chi connectivity index (χ4v) is 3.98. The van der Waals surface area contributed by atoms with Crippen molar-refractivity contribution in [2.45, 2.75) is 12.8 Å². The van der Waals surface area contributed by atoms with Crippen molar-refractivity contribution in [3.8, 4) is 11.6 Å². The van der Waals surface area contributed by atoms with E-state index in [0.29, 0.717) is 11.4 Å². The lowest BCUT2D eigenvalue weighted by Crippen LogP contribution is -2.36. The number of amides is 2. The summed E-state index contributed by atoms with van der Waals surface area (Å²) in [5, 5.41) is 2.91. The van der Waals surface area contributed by atoms with Crippen LogP contribution in [0.1, 0.15) is 12.8 Å². The summed E-state index contributed by atoms with van der Waals surface area (Å²) in [6.45, 7) is 3.67.